The fraction of sp³-hybridized carbons (Fsp3) is 0.615. The zero-order valence-corrected chi connectivity index (χ0v) is 12.4. The van der Waals surface area contributed by atoms with Gasteiger partial charge in [0.2, 0.25) is 0 Å². The van der Waals surface area contributed by atoms with Crippen LogP contribution in [-0.2, 0) is 4.74 Å². The van der Waals surface area contributed by atoms with Gasteiger partial charge in [0.25, 0.3) is 5.69 Å². The van der Waals surface area contributed by atoms with Crippen LogP contribution in [0.15, 0.2) is 12.1 Å². The summed E-state index contributed by atoms with van der Waals surface area (Å²) in [5.41, 5.74) is -0.355. The van der Waals surface area contributed by atoms with Crippen LogP contribution in [0.3, 0.4) is 0 Å². The molecule has 0 saturated carbocycles. The smallest absolute Gasteiger partial charge is 0.276 e. The van der Waals surface area contributed by atoms with E-state index >= 15 is 0 Å². The minimum Gasteiger partial charge on any atom is -0.374 e. The number of nitrogens with zero attached hydrogens (tertiary/aromatic N) is 2. The van der Waals surface area contributed by atoms with Crippen LogP contribution in [0.2, 0.25) is 0 Å². The molecule has 0 aromatic carbocycles. The molecule has 0 atom stereocenters. The van der Waals surface area contributed by atoms with Crippen molar-refractivity contribution in [2.45, 2.75) is 33.3 Å². The van der Waals surface area contributed by atoms with Crippen molar-refractivity contribution < 1.29 is 9.66 Å². The Balaban J connectivity index is 2.85. The van der Waals surface area contributed by atoms with Crippen LogP contribution in [0, 0.1) is 10.1 Å². The number of hydrogen-bond donors (Lipinski definition) is 2. The SMILES string of the molecule is CCNc1cc([N+](=O)[O-])cc(NCC(C)(C)OCC)n1. The first-order valence-corrected chi connectivity index (χ1v) is 6.66. The van der Waals surface area contributed by atoms with E-state index in [1.807, 2.05) is 27.7 Å². The molecule has 1 heterocycles. The molecule has 20 heavy (non-hydrogen) atoms. The lowest BCUT2D eigenvalue weighted by Crippen LogP contribution is -2.33. The molecule has 2 N–H and O–H groups in total. The Morgan fingerprint density at radius 3 is 2.40 bits per heavy atom. The van der Waals surface area contributed by atoms with Gasteiger partial charge in [-0.3, -0.25) is 10.1 Å². The number of rotatable bonds is 8. The minimum atomic E-state index is -0.429. The van der Waals surface area contributed by atoms with Crippen molar-refractivity contribution in [2.75, 3.05) is 30.3 Å². The van der Waals surface area contributed by atoms with E-state index in [4.69, 9.17) is 4.74 Å². The van der Waals surface area contributed by atoms with E-state index in [1.165, 1.54) is 12.1 Å². The number of nitrogens with one attached hydrogen (secondary N) is 2. The molecule has 0 unspecified atom stereocenters. The second-order valence-electron chi connectivity index (χ2n) is 4.93. The molecule has 1 aromatic rings. The highest BCUT2D eigenvalue weighted by molar-refractivity contribution is 5.54. The molecule has 0 radical (unpaired) electrons. The Labute approximate surface area is 118 Å². The van der Waals surface area contributed by atoms with Crippen molar-refractivity contribution >= 4 is 17.3 Å². The van der Waals surface area contributed by atoms with Crippen LogP contribution in [0.1, 0.15) is 27.7 Å². The van der Waals surface area contributed by atoms with Crippen molar-refractivity contribution in [3.63, 3.8) is 0 Å². The summed E-state index contributed by atoms with van der Waals surface area (Å²) in [6.45, 7) is 9.51. The van der Waals surface area contributed by atoms with Gasteiger partial charge in [0.1, 0.15) is 11.6 Å². The lowest BCUT2D eigenvalue weighted by molar-refractivity contribution is -0.384. The molecular weight excluding hydrogens is 260 g/mol. The first-order valence-electron chi connectivity index (χ1n) is 6.66. The summed E-state index contributed by atoms with van der Waals surface area (Å²) in [7, 11) is 0. The molecule has 0 aliphatic carbocycles. The lowest BCUT2D eigenvalue weighted by Gasteiger charge is -2.25. The number of pyridine rings is 1. The van der Waals surface area contributed by atoms with E-state index < -0.39 is 4.92 Å². The third-order valence-electron chi connectivity index (χ3n) is 2.61. The molecule has 1 rings (SSSR count). The highest BCUT2D eigenvalue weighted by Crippen LogP contribution is 2.21. The Bertz CT molecular complexity index is 463. The van der Waals surface area contributed by atoms with Crippen LogP contribution in [0.25, 0.3) is 0 Å². The first kappa shape index (κ1) is 16.2. The number of ether oxygens (including phenoxy) is 1. The molecule has 0 bridgehead atoms. The van der Waals surface area contributed by atoms with Crippen molar-refractivity contribution in [2.24, 2.45) is 0 Å². The summed E-state index contributed by atoms with van der Waals surface area (Å²) in [5, 5.41) is 17.0. The van der Waals surface area contributed by atoms with Crippen LogP contribution in [0.5, 0.6) is 0 Å². The average molecular weight is 282 g/mol. The van der Waals surface area contributed by atoms with Gasteiger partial charge in [-0.15, -0.1) is 0 Å². The summed E-state index contributed by atoms with van der Waals surface area (Å²) >= 11 is 0. The third-order valence-corrected chi connectivity index (χ3v) is 2.61. The molecule has 0 amide bonds. The standard InChI is InChI=1S/C13H22N4O3/c1-5-14-11-7-10(17(18)19)8-12(16-11)15-9-13(3,4)20-6-2/h7-8H,5-6,9H2,1-4H3,(H2,14,15,16). The van der Waals surface area contributed by atoms with Crippen molar-refractivity contribution in [3.05, 3.63) is 22.2 Å². The molecule has 7 nitrogen and oxygen atoms in total. The maximum Gasteiger partial charge on any atom is 0.276 e. The second kappa shape index (κ2) is 7.04. The first-order chi connectivity index (χ1) is 9.38. The quantitative estimate of drug-likeness (QED) is 0.563. The fourth-order valence-corrected chi connectivity index (χ4v) is 1.73. The monoisotopic (exact) mass is 282 g/mol. The van der Waals surface area contributed by atoms with Crippen LogP contribution in [0.4, 0.5) is 17.3 Å². The highest BCUT2D eigenvalue weighted by atomic mass is 16.6. The predicted molar refractivity (Wildman–Crippen MR) is 79.2 cm³/mol. The van der Waals surface area contributed by atoms with Gasteiger partial charge in [0, 0.05) is 19.7 Å². The van der Waals surface area contributed by atoms with Crippen LogP contribution >= 0.6 is 0 Å². The average Bonchev–Trinajstić information content (AvgIpc) is 2.36. The van der Waals surface area contributed by atoms with Gasteiger partial charge in [-0.1, -0.05) is 0 Å². The fourth-order valence-electron chi connectivity index (χ4n) is 1.73. The second-order valence-corrected chi connectivity index (χ2v) is 4.93. The molecule has 112 valence electrons. The Hall–Kier alpha value is -1.89. The number of anilines is 2. The molecule has 1 aromatic heterocycles. The van der Waals surface area contributed by atoms with E-state index in [0.717, 1.165) is 0 Å². The number of aromatic nitrogens is 1. The van der Waals surface area contributed by atoms with Crippen molar-refractivity contribution in [1.29, 1.82) is 0 Å². The number of hydrogen-bond acceptors (Lipinski definition) is 6. The lowest BCUT2D eigenvalue weighted by atomic mass is 10.1. The minimum absolute atomic E-state index is 0.00710. The maximum atomic E-state index is 10.9. The predicted octanol–water partition coefficient (Wildman–Crippen LogP) is 2.65. The summed E-state index contributed by atoms with van der Waals surface area (Å²) in [5.74, 6) is 0.946. The van der Waals surface area contributed by atoms with E-state index in [2.05, 4.69) is 15.6 Å². The zero-order chi connectivity index (χ0) is 15.2. The van der Waals surface area contributed by atoms with Gasteiger partial charge >= 0.3 is 0 Å². The Morgan fingerprint density at radius 1 is 1.30 bits per heavy atom. The van der Waals surface area contributed by atoms with Gasteiger partial charge in [-0.2, -0.15) is 0 Å². The van der Waals surface area contributed by atoms with Gasteiger partial charge in [-0.05, 0) is 27.7 Å². The summed E-state index contributed by atoms with van der Waals surface area (Å²) in [6, 6.07) is 2.84. The zero-order valence-electron chi connectivity index (χ0n) is 12.4. The van der Waals surface area contributed by atoms with Crippen molar-refractivity contribution in [3.8, 4) is 0 Å². The maximum absolute atomic E-state index is 10.9. The number of nitro groups is 1. The topological polar surface area (TPSA) is 89.3 Å². The molecular formula is C13H22N4O3. The summed E-state index contributed by atoms with van der Waals surface area (Å²) in [6.07, 6.45) is 0. The Kier molecular flexibility index (Phi) is 5.69. The normalized spacial score (nSPS) is 11.2. The molecule has 0 spiro atoms. The van der Waals surface area contributed by atoms with Gasteiger partial charge < -0.3 is 15.4 Å². The van der Waals surface area contributed by atoms with Gasteiger partial charge in [-0.25, -0.2) is 4.98 Å². The molecule has 0 aliphatic heterocycles. The molecule has 7 heteroatoms. The van der Waals surface area contributed by atoms with E-state index in [9.17, 15) is 10.1 Å². The van der Waals surface area contributed by atoms with E-state index in [1.54, 1.807) is 0 Å². The Morgan fingerprint density at radius 2 is 1.90 bits per heavy atom. The van der Waals surface area contributed by atoms with Gasteiger partial charge in [0.05, 0.1) is 22.7 Å². The van der Waals surface area contributed by atoms with Crippen LogP contribution < -0.4 is 10.6 Å². The third kappa shape index (κ3) is 5.00. The highest BCUT2D eigenvalue weighted by Gasteiger charge is 2.18. The molecule has 0 saturated heterocycles. The van der Waals surface area contributed by atoms with Gasteiger partial charge in [0.15, 0.2) is 0 Å². The van der Waals surface area contributed by atoms with Crippen LogP contribution in [-0.4, -0.2) is 35.2 Å². The van der Waals surface area contributed by atoms with E-state index in [-0.39, 0.29) is 11.3 Å². The largest absolute Gasteiger partial charge is 0.374 e. The molecule has 0 fully saturated rings. The summed E-state index contributed by atoms with van der Waals surface area (Å²) in [4.78, 5) is 14.8. The van der Waals surface area contributed by atoms with E-state index in [0.29, 0.717) is 31.3 Å². The van der Waals surface area contributed by atoms with Crippen molar-refractivity contribution in [1.82, 2.24) is 4.98 Å². The molecule has 0 aliphatic rings. The summed E-state index contributed by atoms with van der Waals surface area (Å²) < 4.78 is 5.57.